The maximum atomic E-state index is 10.9. The van der Waals surface area contributed by atoms with Crippen molar-refractivity contribution in [3.8, 4) is 27.8 Å². The Morgan fingerprint density at radius 2 is 1.73 bits per heavy atom. The smallest absolute Gasteiger partial charge is 0.355 e. The van der Waals surface area contributed by atoms with Crippen molar-refractivity contribution >= 4 is 17.3 Å². The van der Waals surface area contributed by atoms with Crippen LogP contribution in [0.4, 0.5) is 0 Å². The topological polar surface area (TPSA) is 77.9 Å². The van der Waals surface area contributed by atoms with Gasteiger partial charge in [0.05, 0.1) is 7.11 Å². The first-order chi connectivity index (χ1) is 12.7. The van der Waals surface area contributed by atoms with E-state index in [9.17, 15) is 4.79 Å². The number of rotatable bonds is 8. The summed E-state index contributed by atoms with van der Waals surface area (Å²) in [6.07, 6.45) is 0. The van der Waals surface area contributed by atoms with Crippen molar-refractivity contribution in [3.63, 3.8) is 0 Å². The lowest BCUT2D eigenvalue weighted by Gasteiger charge is -2.09. The van der Waals surface area contributed by atoms with Crippen LogP contribution in [0, 0.1) is 0 Å². The average Bonchev–Trinajstić information content (AvgIpc) is 3.17. The Bertz CT molecular complexity index is 876. The van der Waals surface area contributed by atoms with Crippen molar-refractivity contribution in [2.45, 2.75) is 0 Å². The zero-order valence-electron chi connectivity index (χ0n) is 14.0. The largest absolute Gasteiger partial charge is 0.497 e. The molecule has 0 aliphatic carbocycles. The molecule has 1 aromatic heterocycles. The van der Waals surface area contributed by atoms with Gasteiger partial charge in [0.25, 0.3) is 0 Å². The van der Waals surface area contributed by atoms with Gasteiger partial charge in [-0.3, -0.25) is 0 Å². The quantitative estimate of drug-likeness (QED) is 0.604. The third kappa shape index (κ3) is 4.52. The van der Waals surface area contributed by atoms with Crippen LogP contribution >= 0.6 is 11.3 Å². The van der Waals surface area contributed by atoms with Crippen LogP contribution in [0.3, 0.4) is 0 Å². The summed E-state index contributed by atoms with van der Waals surface area (Å²) >= 11 is 1.29. The van der Waals surface area contributed by atoms with Gasteiger partial charge >= 0.3 is 5.97 Å². The van der Waals surface area contributed by atoms with Crippen LogP contribution in [-0.4, -0.2) is 36.4 Å². The van der Waals surface area contributed by atoms with E-state index in [-0.39, 0.29) is 5.69 Å². The van der Waals surface area contributed by atoms with Crippen molar-refractivity contribution in [1.29, 1.82) is 0 Å². The lowest BCUT2D eigenvalue weighted by atomic mass is 10.2. The minimum absolute atomic E-state index is 0.0456. The first-order valence-electron chi connectivity index (χ1n) is 7.84. The van der Waals surface area contributed by atoms with Gasteiger partial charge in [-0.2, -0.15) is 0 Å². The summed E-state index contributed by atoms with van der Waals surface area (Å²) in [5, 5.41) is 11.1. The number of thiazole rings is 1. The van der Waals surface area contributed by atoms with Gasteiger partial charge < -0.3 is 19.3 Å². The van der Waals surface area contributed by atoms with Crippen LogP contribution in [0.1, 0.15) is 10.5 Å². The Morgan fingerprint density at radius 3 is 2.38 bits per heavy atom. The molecule has 134 valence electrons. The van der Waals surface area contributed by atoms with Gasteiger partial charge in [0.2, 0.25) is 0 Å². The number of aromatic nitrogens is 1. The maximum Gasteiger partial charge on any atom is 0.355 e. The van der Waals surface area contributed by atoms with E-state index in [0.29, 0.717) is 24.0 Å². The average molecular weight is 371 g/mol. The first kappa shape index (κ1) is 17.8. The second kappa shape index (κ2) is 8.35. The van der Waals surface area contributed by atoms with Gasteiger partial charge in [0, 0.05) is 10.9 Å². The minimum atomic E-state index is -1.03. The third-order valence-corrected chi connectivity index (χ3v) is 4.38. The predicted octanol–water partition coefficient (Wildman–Crippen LogP) is 3.97. The van der Waals surface area contributed by atoms with Crippen LogP contribution < -0.4 is 14.2 Å². The van der Waals surface area contributed by atoms with Crippen LogP contribution in [0.15, 0.2) is 53.9 Å². The number of benzene rings is 2. The molecule has 0 bridgehead atoms. The van der Waals surface area contributed by atoms with Crippen molar-refractivity contribution in [1.82, 2.24) is 4.98 Å². The highest BCUT2D eigenvalue weighted by atomic mass is 32.1. The normalized spacial score (nSPS) is 10.3. The summed E-state index contributed by atoms with van der Waals surface area (Å²) in [5.74, 6) is 1.16. The highest BCUT2D eigenvalue weighted by Crippen LogP contribution is 2.27. The monoisotopic (exact) mass is 371 g/mol. The van der Waals surface area contributed by atoms with Gasteiger partial charge in [-0.15, -0.1) is 11.3 Å². The van der Waals surface area contributed by atoms with Crippen LogP contribution in [-0.2, 0) is 0 Å². The number of ether oxygens (including phenoxy) is 3. The number of carboxylic acid groups (broad SMARTS) is 1. The molecule has 0 radical (unpaired) electrons. The van der Waals surface area contributed by atoms with E-state index >= 15 is 0 Å². The van der Waals surface area contributed by atoms with Crippen LogP contribution in [0.25, 0.3) is 10.6 Å². The van der Waals surface area contributed by atoms with Gasteiger partial charge in [0.1, 0.15) is 35.5 Å². The minimum Gasteiger partial charge on any atom is -0.497 e. The molecule has 6 nitrogen and oxygen atoms in total. The fourth-order valence-corrected chi connectivity index (χ4v) is 3.01. The number of methoxy groups -OCH3 is 1. The molecule has 1 N–H and O–H groups in total. The first-order valence-corrected chi connectivity index (χ1v) is 8.72. The standard InChI is InChI=1S/C19H17NO5S/c1-23-14-5-7-15(8-6-14)24-9-10-25-16-4-2-3-13(11-16)18-20-17(12-26-18)19(21)22/h2-8,11-12H,9-10H2,1H3,(H,21,22). The van der Waals surface area contributed by atoms with E-state index in [4.69, 9.17) is 19.3 Å². The molecule has 0 aliphatic rings. The number of carbonyl (C=O) groups is 1. The van der Waals surface area contributed by atoms with E-state index in [1.807, 2.05) is 48.5 Å². The fourth-order valence-electron chi connectivity index (χ4n) is 2.21. The molecule has 2 aromatic carbocycles. The number of carboxylic acids is 1. The number of hydrogen-bond donors (Lipinski definition) is 1. The Kier molecular flexibility index (Phi) is 5.70. The Balaban J connectivity index is 1.54. The van der Waals surface area contributed by atoms with Gasteiger partial charge in [-0.25, -0.2) is 9.78 Å². The van der Waals surface area contributed by atoms with E-state index in [2.05, 4.69) is 4.98 Å². The summed E-state index contributed by atoms with van der Waals surface area (Å²) in [4.78, 5) is 15.0. The van der Waals surface area contributed by atoms with Gasteiger partial charge in [0.15, 0.2) is 5.69 Å². The van der Waals surface area contributed by atoms with Crippen molar-refractivity contribution in [3.05, 3.63) is 59.6 Å². The van der Waals surface area contributed by atoms with Gasteiger partial charge in [-0.1, -0.05) is 12.1 Å². The molecule has 1 heterocycles. The SMILES string of the molecule is COc1ccc(OCCOc2cccc(-c3nc(C(=O)O)cs3)c2)cc1. The van der Waals surface area contributed by atoms with E-state index in [0.717, 1.165) is 17.1 Å². The molecule has 0 unspecified atom stereocenters. The zero-order chi connectivity index (χ0) is 18.4. The lowest BCUT2D eigenvalue weighted by Crippen LogP contribution is -2.08. The molecule has 0 saturated heterocycles. The Labute approximate surface area is 154 Å². The highest BCUT2D eigenvalue weighted by molar-refractivity contribution is 7.13. The number of nitrogens with zero attached hydrogens (tertiary/aromatic N) is 1. The van der Waals surface area contributed by atoms with Gasteiger partial charge in [-0.05, 0) is 36.4 Å². The number of hydrogen-bond acceptors (Lipinski definition) is 6. The van der Waals surface area contributed by atoms with Crippen molar-refractivity contribution in [2.24, 2.45) is 0 Å². The van der Waals surface area contributed by atoms with E-state index in [1.54, 1.807) is 7.11 Å². The maximum absolute atomic E-state index is 10.9. The van der Waals surface area contributed by atoms with Crippen LogP contribution in [0.2, 0.25) is 0 Å². The van der Waals surface area contributed by atoms with E-state index in [1.165, 1.54) is 16.7 Å². The fraction of sp³-hybridized carbons (Fsp3) is 0.158. The number of aromatic carboxylic acids is 1. The predicted molar refractivity (Wildman–Crippen MR) is 98.5 cm³/mol. The van der Waals surface area contributed by atoms with Crippen molar-refractivity contribution in [2.75, 3.05) is 20.3 Å². The second-order valence-corrected chi connectivity index (χ2v) is 6.10. The molecular formula is C19H17NO5S. The third-order valence-electron chi connectivity index (χ3n) is 3.48. The zero-order valence-corrected chi connectivity index (χ0v) is 14.9. The Morgan fingerprint density at radius 1 is 1.04 bits per heavy atom. The summed E-state index contributed by atoms with van der Waals surface area (Å²) in [6.45, 7) is 0.782. The molecule has 3 aromatic rings. The second-order valence-electron chi connectivity index (χ2n) is 5.24. The molecule has 0 atom stereocenters. The molecular weight excluding hydrogens is 354 g/mol. The lowest BCUT2D eigenvalue weighted by molar-refractivity contribution is 0.0691. The molecule has 0 amide bonds. The highest BCUT2D eigenvalue weighted by Gasteiger charge is 2.10. The summed E-state index contributed by atoms with van der Waals surface area (Å²) in [5.41, 5.74) is 0.861. The molecule has 0 spiro atoms. The summed E-state index contributed by atoms with van der Waals surface area (Å²) in [7, 11) is 1.62. The molecule has 7 heteroatoms. The van der Waals surface area contributed by atoms with Crippen LogP contribution in [0.5, 0.6) is 17.2 Å². The molecule has 3 rings (SSSR count). The summed E-state index contributed by atoms with van der Waals surface area (Å²) < 4.78 is 16.4. The molecule has 26 heavy (non-hydrogen) atoms. The van der Waals surface area contributed by atoms with E-state index < -0.39 is 5.97 Å². The molecule has 0 saturated carbocycles. The van der Waals surface area contributed by atoms with Crippen molar-refractivity contribution < 1.29 is 24.1 Å². The summed E-state index contributed by atoms with van der Waals surface area (Å²) in [6, 6.07) is 14.7. The Hall–Kier alpha value is -3.06. The molecule has 0 aliphatic heterocycles. The molecule has 0 fully saturated rings.